The number of fused-ring (bicyclic) bond motifs is 1. The SMILES string of the molecule is Cc1cc(Cl)ccc1NC(=O)c1cc2c(s1)CCC2. The molecule has 98 valence electrons. The predicted octanol–water partition coefficient (Wildman–Crippen LogP) is 4.45. The zero-order valence-corrected chi connectivity index (χ0v) is 12.2. The standard InChI is InChI=1S/C15H14ClNOS/c1-9-7-11(16)5-6-12(9)17-15(18)14-8-10-3-2-4-13(10)19-14/h5-8H,2-4H2,1H3,(H,17,18). The van der Waals surface area contributed by atoms with Gasteiger partial charge in [-0.15, -0.1) is 11.3 Å². The molecule has 1 amide bonds. The third kappa shape index (κ3) is 2.53. The van der Waals surface area contributed by atoms with Crippen LogP contribution in [0.2, 0.25) is 5.02 Å². The van der Waals surface area contributed by atoms with Crippen LogP contribution < -0.4 is 5.32 Å². The Balaban J connectivity index is 1.80. The molecule has 4 heteroatoms. The summed E-state index contributed by atoms with van der Waals surface area (Å²) in [5.41, 5.74) is 3.15. The van der Waals surface area contributed by atoms with Gasteiger partial charge in [0.15, 0.2) is 0 Å². The minimum atomic E-state index is -0.0233. The van der Waals surface area contributed by atoms with Crippen LogP contribution >= 0.6 is 22.9 Å². The fourth-order valence-electron chi connectivity index (χ4n) is 2.39. The minimum absolute atomic E-state index is 0.0233. The molecule has 0 atom stereocenters. The van der Waals surface area contributed by atoms with Crippen LogP contribution in [0.3, 0.4) is 0 Å². The van der Waals surface area contributed by atoms with Gasteiger partial charge in [0.25, 0.3) is 5.91 Å². The number of carbonyl (C=O) groups excluding carboxylic acids is 1. The number of anilines is 1. The number of hydrogen-bond donors (Lipinski definition) is 1. The number of amides is 1. The molecule has 0 spiro atoms. The molecular weight excluding hydrogens is 278 g/mol. The monoisotopic (exact) mass is 291 g/mol. The van der Waals surface area contributed by atoms with Gasteiger partial charge in [-0.05, 0) is 61.6 Å². The van der Waals surface area contributed by atoms with Gasteiger partial charge < -0.3 is 5.32 Å². The number of nitrogens with one attached hydrogen (secondary N) is 1. The van der Waals surface area contributed by atoms with E-state index in [4.69, 9.17) is 11.6 Å². The number of rotatable bonds is 2. The van der Waals surface area contributed by atoms with E-state index in [-0.39, 0.29) is 5.91 Å². The van der Waals surface area contributed by atoms with Crippen molar-refractivity contribution in [3.63, 3.8) is 0 Å². The van der Waals surface area contributed by atoms with Crippen LogP contribution in [-0.4, -0.2) is 5.91 Å². The Morgan fingerprint density at radius 2 is 2.16 bits per heavy atom. The molecule has 1 aliphatic carbocycles. The highest BCUT2D eigenvalue weighted by Crippen LogP contribution is 2.31. The predicted molar refractivity (Wildman–Crippen MR) is 80.5 cm³/mol. The Bertz CT molecular complexity index is 626. The molecule has 2 aromatic rings. The van der Waals surface area contributed by atoms with Gasteiger partial charge in [-0.1, -0.05) is 11.6 Å². The van der Waals surface area contributed by atoms with E-state index in [1.54, 1.807) is 17.4 Å². The van der Waals surface area contributed by atoms with Crippen LogP contribution in [0.4, 0.5) is 5.69 Å². The Morgan fingerprint density at radius 3 is 2.89 bits per heavy atom. The summed E-state index contributed by atoms with van der Waals surface area (Å²) in [5.74, 6) is -0.0233. The van der Waals surface area contributed by atoms with Gasteiger partial charge in [-0.3, -0.25) is 4.79 Å². The van der Waals surface area contributed by atoms with Gasteiger partial charge in [0, 0.05) is 15.6 Å². The molecule has 0 aliphatic heterocycles. The van der Waals surface area contributed by atoms with E-state index >= 15 is 0 Å². The van der Waals surface area contributed by atoms with Crippen molar-refractivity contribution >= 4 is 34.5 Å². The smallest absolute Gasteiger partial charge is 0.265 e. The van der Waals surface area contributed by atoms with E-state index < -0.39 is 0 Å². The van der Waals surface area contributed by atoms with Gasteiger partial charge >= 0.3 is 0 Å². The first-order chi connectivity index (χ1) is 9.13. The number of aryl methyl sites for hydroxylation is 3. The van der Waals surface area contributed by atoms with Crippen molar-refractivity contribution in [1.29, 1.82) is 0 Å². The van der Waals surface area contributed by atoms with E-state index in [1.165, 1.54) is 16.9 Å². The maximum absolute atomic E-state index is 12.2. The number of hydrogen-bond acceptors (Lipinski definition) is 2. The number of benzene rings is 1. The lowest BCUT2D eigenvalue weighted by Gasteiger charge is -2.07. The van der Waals surface area contributed by atoms with Crippen LogP contribution in [0, 0.1) is 6.92 Å². The third-order valence-corrected chi connectivity index (χ3v) is 4.88. The first kappa shape index (κ1) is 12.7. The maximum Gasteiger partial charge on any atom is 0.265 e. The van der Waals surface area contributed by atoms with Crippen molar-refractivity contribution in [3.8, 4) is 0 Å². The first-order valence-corrected chi connectivity index (χ1v) is 7.52. The molecule has 1 aromatic heterocycles. The van der Waals surface area contributed by atoms with Crippen LogP contribution in [-0.2, 0) is 12.8 Å². The molecule has 1 aliphatic rings. The molecule has 0 unspecified atom stereocenters. The fraction of sp³-hybridized carbons (Fsp3) is 0.267. The summed E-state index contributed by atoms with van der Waals surface area (Å²) >= 11 is 7.53. The van der Waals surface area contributed by atoms with Crippen LogP contribution in [0.5, 0.6) is 0 Å². The minimum Gasteiger partial charge on any atom is -0.321 e. The van der Waals surface area contributed by atoms with Crippen molar-refractivity contribution in [3.05, 3.63) is 50.2 Å². The second kappa shape index (κ2) is 4.99. The molecule has 3 rings (SSSR count). The Kier molecular flexibility index (Phi) is 3.33. The summed E-state index contributed by atoms with van der Waals surface area (Å²) < 4.78 is 0. The molecule has 1 aromatic carbocycles. The summed E-state index contributed by atoms with van der Waals surface area (Å²) in [4.78, 5) is 14.4. The van der Waals surface area contributed by atoms with Crippen molar-refractivity contribution in [1.82, 2.24) is 0 Å². The second-order valence-corrected chi connectivity index (χ2v) is 6.40. The summed E-state index contributed by atoms with van der Waals surface area (Å²) in [7, 11) is 0. The van der Waals surface area contributed by atoms with Crippen LogP contribution in [0.1, 0.15) is 32.1 Å². The quantitative estimate of drug-likeness (QED) is 0.870. The highest BCUT2D eigenvalue weighted by Gasteiger charge is 2.18. The molecule has 0 radical (unpaired) electrons. The normalized spacial score (nSPS) is 13.4. The average molecular weight is 292 g/mol. The Labute approximate surface area is 121 Å². The molecule has 1 N–H and O–H groups in total. The third-order valence-electron chi connectivity index (χ3n) is 3.41. The molecule has 2 nitrogen and oxygen atoms in total. The van der Waals surface area contributed by atoms with Crippen molar-refractivity contribution < 1.29 is 4.79 Å². The topological polar surface area (TPSA) is 29.1 Å². The molecule has 19 heavy (non-hydrogen) atoms. The average Bonchev–Trinajstić information content (AvgIpc) is 2.93. The lowest BCUT2D eigenvalue weighted by Crippen LogP contribution is -2.11. The first-order valence-electron chi connectivity index (χ1n) is 6.32. The fourth-order valence-corrected chi connectivity index (χ4v) is 3.77. The van der Waals surface area contributed by atoms with E-state index in [9.17, 15) is 4.79 Å². The number of thiophene rings is 1. The zero-order valence-electron chi connectivity index (χ0n) is 10.6. The van der Waals surface area contributed by atoms with Crippen LogP contribution in [0.25, 0.3) is 0 Å². The Hall–Kier alpha value is -1.32. The van der Waals surface area contributed by atoms with Gasteiger partial charge in [0.05, 0.1) is 4.88 Å². The van der Waals surface area contributed by atoms with E-state index in [2.05, 4.69) is 5.32 Å². The molecule has 0 saturated carbocycles. The molecule has 0 bridgehead atoms. The zero-order chi connectivity index (χ0) is 13.4. The Morgan fingerprint density at radius 1 is 1.32 bits per heavy atom. The molecule has 0 saturated heterocycles. The molecule has 1 heterocycles. The number of halogens is 1. The van der Waals surface area contributed by atoms with Gasteiger partial charge in [0.1, 0.15) is 0 Å². The second-order valence-electron chi connectivity index (χ2n) is 4.83. The van der Waals surface area contributed by atoms with E-state index in [0.717, 1.165) is 29.0 Å². The lowest BCUT2D eigenvalue weighted by atomic mass is 10.2. The van der Waals surface area contributed by atoms with Crippen molar-refractivity contribution in [2.24, 2.45) is 0 Å². The maximum atomic E-state index is 12.2. The highest BCUT2D eigenvalue weighted by molar-refractivity contribution is 7.14. The molecule has 0 fully saturated rings. The molecular formula is C15H14ClNOS. The summed E-state index contributed by atoms with van der Waals surface area (Å²) in [5, 5.41) is 3.64. The summed E-state index contributed by atoms with van der Waals surface area (Å²) in [6.07, 6.45) is 3.45. The van der Waals surface area contributed by atoms with Gasteiger partial charge in [0.2, 0.25) is 0 Å². The van der Waals surface area contributed by atoms with E-state index in [1.807, 2.05) is 25.1 Å². The van der Waals surface area contributed by atoms with Crippen LogP contribution in [0.15, 0.2) is 24.3 Å². The largest absolute Gasteiger partial charge is 0.321 e. The lowest BCUT2D eigenvalue weighted by molar-refractivity contribution is 0.103. The van der Waals surface area contributed by atoms with Gasteiger partial charge in [-0.2, -0.15) is 0 Å². The van der Waals surface area contributed by atoms with Crippen molar-refractivity contribution in [2.75, 3.05) is 5.32 Å². The highest BCUT2D eigenvalue weighted by atomic mass is 35.5. The van der Waals surface area contributed by atoms with Gasteiger partial charge in [-0.25, -0.2) is 0 Å². The summed E-state index contributed by atoms with van der Waals surface area (Å²) in [6.45, 7) is 1.94. The van der Waals surface area contributed by atoms with E-state index in [0.29, 0.717) is 5.02 Å². The van der Waals surface area contributed by atoms with Crippen molar-refractivity contribution in [2.45, 2.75) is 26.2 Å². The number of carbonyl (C=O) groups is 1. The summed E-state index contributed by atoms with van der Waals surface area (Å²) in [6, 6.07) is 7.52.